The van der Waals surface area contributed by atoms with Crippen LogP contribution in [-0.2, 0) is 4.79 Å². The molecule has 0 fully saturated rings. The van der Waals surface area contributed by atoms with Gasteiger partial charge in [-0.15, -0.1) is 0 Å². The third-order valence-corrected chi connectivity index (χ3v) is 1.91. The Kier molecular flexibility index (Phi) is 4.73. The number of carbonyl (C=O) groups is 2. The molecule has 0 unspecified atom stereocenters. The van der Waals surface area contributed by atoms with Crippen molar-refractivity contribution in [3.05, 3.63) is 35.4 Å². The molecule has 1 aromatic rings. The van der Waals surface area contributed by atoms with Crippen LogP contribution < -0.4 is 16.8 Å². The average Bonchev–Trinajstić information content (AvgIpc) is 2.34. The van der Waals surface area contributed by atoms with Crippen LogP contribution in [0.1, 0.15) is 15.9 Å². The SMILES string of the molecule is NCC#Cc1ccc(C(=O)NCC(N)=O)cc1. The highest BCUT2D eigenvalue weighted by Gasteiger charge is 2.05. The lowest BCUT2D eigenvalue weighted by atomic mass is 10.1. The molecule has 0 aliphatic heterocycles. The molecule has 17 heavy (non-hydrogen) atoms. The second-order valence-corrected chi connectivity index (χ2v) is 3.23. The first-order valence-electron chi connectivity index (χ1n) is 4.99. The monoisotopic (exact) mass is 231 g/mol. The maximum absolute atomic E-state index is 11.5. The van der Waals surface area contributed by atoms with E-state index in [4.69, 9.17) is 11.5 Å². The summed E-state index contributed by atoms with van der Waals surface area (Å²) in [5.74, 6) is 4.62. The molecule has 1 rings (SSSR count). The van der Waals surface area contributed by atoms with E-state index in [1.54, 1.807) is 24.3 Å². The Balaban J connectivity index is 2.67. The Labute approximate surface area is 99.2 Å². The zero-order valence-corrected chi connectivity index (χ0v) is 9.19. The van der Waals surface area contributed by atoms with E-state index in [9.17, 15) is 9.59 Å². The van der Waals surface area contributed by atoms with Crippen LogP contribution in [0.15, 0.2) is 24.3 Å². The maximum Gasteiger partial charge on any atom is 0.251 e. The van der Waals surface area contributed by atoms with Crippen LogP contribution in [0.25, 0.3) is 0 Å². The predicted octanol–water partition coefficient (Wildman–Crippen LogP) is -0.788. The van der Waals surface area contributed by atoms with Gasteiger partial charge in [-0.2, -0.15) is 0 Å². The molecule has 0 bridgehead atoms. The number of hydrogen-bond acceptors (Lipinski definition) is 3. The quantitative estimate of drug-likeness (QED) is 0.595. The van der Waals surface area contributed by atoms with Crippen LogP contribution in [0.5, 0.6) is 0 Å². The molecule has 1 aromatic carbocycles. The number of carbonyl (C=O) groups excluding carboxylic acids is 2. The predicted molar refractivity (Wildman–Crippen MR) is 63.9 cm³/mol. The lowest BCUT2D eigenvalue weighted by molar-refractivity contribution is -0.117. The summed E-state index contributed by atoms with van der Waals surface area (Å²) in [7, 11) is 0. The smallest absolute Gasteiger partial charge is 0.251 e. The molecule has 5 N–H and O–H groups in total. The van der Waals surface area contributed by atoms with Crippen molar-refractivity contribution in [1.82, 2.24) is 5.32 Å². The van der Waals surface area contributed by atoms with Gasteiger partial charge < -0.3 is 16.8 Å². The van der Waals surface area contributed by atoms with Gasteiger partial charge in [-0.05, 0) is 24.3 Å². The van der Waals surface area contributed by atoms with Gasteiger partial charge in [0.15, 0.2) is 0 Å². The van der Waals surface area contributed by atoms with Gasteiger partial charge in [-0.3, -0.25) is 9.59 Å². The third-order valence-electron chi connectivity index (χ3n) is 1.91. The number of nitrogens with two attached hydrogens (primary N) is 2. The Hall–Kier alpha value is -2.32. The largest absolute Gasteiger partial charge is 0.368 e. The molecule has 5 heteroatoms. The van der Waals surface area contributed by atoms with Crippen molar-refractivity contribution in [2.24, 2.45) is 11.5 Å². The first-order chi connectivity index (χ1) is 8.13. The second-order valence-electron chi connectivity index (χ2n) is 3.23. The molecule has 0 aliphatic rings. The summed E-state index contributed by atoms with van der Waals surface area (Å²) in [6.07, 6.45) is 0. The second kappa shape index (κ2) is 6.30. The Morgan fingerprint density at radius 1 is 1.24 bits per heavy atom. The van der Waals surface area contributed by atoms with E-state index in [0.29, 0.717) is 12.1 Å². The van der Waals surface area contributed by atoms with Gasteiger partial charge in [-0.1, -0.05) is 11.8 Å². The van der Waals surface area contributed by atoms with Gasteiger partial charge in [0.25, 0.3) is 5.91 Å². The van der Waals surface area contributed by atoms with Gasteiger partial charge in [0.05, 0.1) is 13.1 Å². The van der Waals surface area contributed by atoms with Gasteiger partial charge in [0.1, 0.15) is 0 Å². The van der Waals surface area contributed by atoms with E-state index in [2.05, 4.69) is 17.2 Å². The molecule has 0 aliphatic carbocycles. The van der Waals surface area contributed by atoms with Crippen LogP contribution in [0.4, 0.5) is 0 Å². The Morgan fingerprint density at radius 2 is 1.88 bits per heavy atom. The lowest BCUT2D eigenvalue weighted by Crippen LogP contribution is -2.33. The molecular weight excluding hydrogens is 218 g/mol. The molecule has 88 valence electrons. The van der Waals surface area contributed by atoms with Gasteiger partial charge in [-0.25, -0.2) is 0 Å². The molecule has 0 spiro atoms. The van der Waals surface area contributed by atoms with Crippen LogP contribution in [0, 0.1) is 11.8 Å². The highest BCUT2D eigenvalue weighted by Crippen LogP contribution is 2.02. The summed E-state index contributed by atoms with van der Waals surface area (Å²) >= 11 is 0. The zero-order chi connectivity index (χ0) is 12.7. The van der Waals surface area contributed by atoms with Crippen molar-refractivity contribution in [2.45, 2.75) is 0 Å². The molecule has 2 amide bonds. The summed E-state index contributed by atoms with van der Waals surface area (Å²) < 4.78 is 0. The van der Waals surface area contributed by atoms with Crippen LogP contribution in [0.3, 0.4) is 0 Å². The van der Waals surface area contributed by atoms with E-state index in [0.717, 1.165) is 5.56 Å². The number of nitrogens with one attached hydrogen (secondary N) is 1. The number of rotatable bonds is 3. The van der Waals surface area contributed by atoms with Crippen LogP contribution in [0.2, 0.25) is 0 Å². The number of hydrogen-bond donors (Lipinski definition) is 3. The number of benzene rings is 1. The van der Waals surface area contributed by atoms with E-state index in [1.165, 1.54) is 0 Å². The van der Waals surface area contributed by atoms with Gasteiger partial charge in [0, 0.05) is 11.1 Å². The van der Waals surface area contributed by atoms with E-state index in [-0.39, 0.29) is 12.5 Å². The fourth-order valence-corrected chi connectivity index (χ4v) is 1.13. The average molecular weight is 231 g/mol. The van der Waals surface area contributed by atoms with E-state index < -0.39 is 5.91 Å². The minimum atomic E-state index is -0.580. The van der Waals surface area contributed by atoms with Crippen LogP contribution >= 0.6 is 0 Å². The Morgan fingerprint density at radius 3 is 2.41 bits per heavy atom. The van der Waals surface area contributed by atoms with E-state index >= 15 is 0 Å². The minimum absolute atomic E-state index is 0.173. The molecule has 0 aromatic heterocycles. The summed E-state index contributed by atoms with van der Waals surface area (Å²) in [5.41, 5.74) is 11.4. The number of primary amides is 1. The molecule has 0 heterocycles. The van der Waals surface area contributed by atoms with Crippen molar-refractivity contribution in [3.63, 3.8) is 0 Å². The fraction of sp³-hybridized carbons (Fsp3) is 0.167. The van der Waals surface area contributed by atoms with Crippen molar-refractivity contribution >= 4 is 11.8 Å². The van der Waals surface area contributed by atoms with Gasteiger partial charge in [0.2, 0.25) is 5.91 Å². The van der Waals surface area contributed by atoms with Crippen molar-refractivity contribution in [3.8, 4) is 11.8 Å². The lowest BCUT2D eigenvalue weighted by Gasteiger charge is -2.02. The summed E-state index contributed by atoms with van der Waals surface area (Å²) in [4.78, 5) is 22.0. The standard InChI is InChI=1S/C12H13N3O2/c13-7-1-2-9-3-5-10(6-4-9)12(17)15-8-11(14)16/h3-6H,7-8,13H2,(H2,14,16)(H,15,17). The summed E-state index contributed by atoms with van der Waals surface area (Å²) in [5, 5.41) is 2.39. The van der Waals surface area contributed by atoms with Gasteiger partial charge >= 0.3 is 0 Å². The fourth-order valence-electron chi connectivity index (χ4n) is 1.13. The topological polar surface area (TPSA) is 98.2 Å². The molecular formula is C12H13N3O2. The molecule has 0 atom stereocenters. The summed E-state index contributed by atoms with van der Waals surface area (Å²) in [6, 6.07) is 6.66. The molecule has 0 saturated heterocycles. The zero-order valence-electron chi connectivity index (χ0n) is 9.19. The number of amides is 2. The van der Waals surface area contributed by atoms with Crippen molar-refractivity contribution in [1.29, 1.82) is 0 Å². The highest BCUT2D eigenvalue weighted by atomic mass is 16.2. The summed E-state index contributed by atoms with van der Waals surface area (Å²) in [6.45, 7) is 0.119. The van der Waals surface area contributed by atoms with Crippen LogP contribution in [-0.4, -0.2) is 24.9 Å². The normalized spacial score (nSPS) is 9.00. The first-order valence-corrected chi connectivity index (χ1v) is 4.99. The molecule has 5 nitrogen and oxygen atoms in total. The minimum Gasteiger partial charge on any atom is -0.368 e. The molecule has 0 radical (unpaired) electrons. The van der Waals surface area contributed by atoms with E-state index in [1.807, 2.05) is 0 Å². The third kappa shape index (κ3) is 4.36. The van der Waals surface area contributed by atoms with Crippen molar-refractivity contribution in [2.75, 3.05) is 13.1 Å². The molecule has 0 saturated carbocycles. The maximum atomic E-state index is 11.5. The Bertz CT molecular complexity index is 469. The van der Waals surface area contributed by atoms with Crippen molar-refractivity contribution < 1.29 is 9.59 Å². The highest BCUT2D eigenvalue weighted by molar-refractivity contribution is 5.96. The first kappa shape index (κ1) is 12.7.